The lowest BCUT2D eigenvalue weighted by Crippen LogP contribution is -2.18. The summed E-state index contributed by atoms with van der Waals surface area (Å²) in [5, 5.41) is 3.46. The van der Waals surface area contributed by atoms with E-state index >= 15 is 0 Å². The van der Waals surface area contributed by atoms with Crippen molar-refractivity contribution in [2.45, 2.75) is 25.9 Å². The molecule has 2 nitrogen and oxygen atoms in total. The largest absolute Gasteiger partial charge is 0.493 e. The number of benzene rings is 2. The van der Waals surface area contributed by atoms with Crippen molar-refractivity contribution in [2.24, 2.45) is 0 Å². The molecular weight excluding hydrogens is 253 g/mol. The first-order valence-electron chi connectivity index (χ1n) is 6.96. The number of rotatable bonds is 4. The smallest absolute Gasteiger partial charge is 0.123 e. The minimum absolute atomic E-state index is 0.195. The van der Waals surface area contributed by atoms with Gasteiger partial charge in [0.05, 0.1) is 6.61 Å². The second kappa shape index (κ2) is 5.63. The van der Waals surface area contributed by atoms with Crippen LogP contribution in [0.4, 0.5) is 4.39 Å². The average molecular weight is 271 g/mol. The highest BCUT2D eigenvalue weighted by Gasteiger charge is 2.12. The fraction of sp³-hybridized carbons (Fsp3) is 0.294. The summed E-state index contributed by atoms with van der Waals surface area (Å²) >= 11 is 0. The van der Waals surface area contributed by atoms with Gasteiger partial charge in [-0.3, -0.25) is 0 Å². The molecule has 3 rings (SSSR count). The van der Waals surface area contributed by atoms with E-state index in [0.29, 0.717) is 0 Å². The number of halogens is 1. The average Bonchev–Trinajstić information content (AvgIpc) is 2.93. The quantitative estimate of drug-likeness (QED) is 0.917. The molecule has 0 aromatic heterocycles. The van der Waals surface area contributed by atoms with Crippen molar-refractivity contribution < 1.29 is 9.13 Å². The van der Waals surface area contributed by atoms with Gasteiger partial charge in [-0.15, -0.1) is 0 Å². The maximum Gasteiger partial charge on any atom is 0.123 e. The predicted octanol–water partition coefficient (Wildman–Crippen LogP) is 3.61. The van der Waals surface area contributed by atoms with Gasteiger partial charge in [0.2, 0.25) is 0 Å². The normalized spacial score (nSPS) is 14.7. The number of hydrogen-bond donors (Lipinski definition) is 1. The Labute approximate surface area is 118 Å². The van der Waals surface area contributed by atoms with Gasteiger partial charge in [-0.1, -0.05) is 24.3 Å². The first-order chi connectivity index (χ1) is 9.72. The molecule has 1 aliphatic heterocycles. The van der Waals surface area contributed by atoms with Crippen LogP contribution in [0.2, 0.25) is 0 Å². The van der Waals surface area contributed by atoms with Crippen LogP contribution >= 0.6 is 0 Å². The Morgan fingerprint density at radius 2 is 2.00 bits per heavy atom. The third-order valence-electron chi connectivity index (χ3n) is 3.74. The topological polar surface area (TPSA) is 21.3 Å². The number of nitrogens with one attached hydrogen (secondary N) is 1. The van der Waals surface area contributed by atoms with Crippen LogP contribution in [-0.4, -0.2) is 6.61 Å². The van der Waals surface area contributed by atoms with Crippen molar-refractivity contribution in [3.8, 4) is 5.75 Å². The SMILES string of the molecule is CC(NCc1ccc2c(c1)CCO2)c1ccc(F)cc1. The predicted molar refractivity (Wildman–Crippen MR) is 77.3 cm³/mol. The molecule has 0 fully saturated rings. The highest BCUT2D eigenvalue weighted by molar-refractivity contribution is 5.39. The zero-order valence-corrected chi connectivity index (χ0v) is 11.5. The van der Waals surface area contributed by atoms with Crippen LogP contribution < -0.4 is 10.1 Å². The van der Waals surface area contributed by atoms with E-state index in [2.05, 4.69) is 24.4 Å². The van der Waals surface area contributed by atoms with Crippen LogP contribution in [0.1, 0.15) is 29.7 Å². The molecule has 0 saturated carbocycles. The lowest BCUT2D eigenvalue weighted by Gasteiger charge is -2.14. The molecule has 1 unspecified atom stereocenters. The van der Waals surface area contributed by atoms with Crippen molar-refractivity contribution in [3.63, 3.8) is 0 Å². The van der Waals surface area contributed by atoms with Crippen molar-refractivity contribution >= 4 is 0 Å². The van der Waals surface area contributed by atoms with Crippen molar-refractivity contribution in [1.29, 1.82) is 0 Å². The van der Waals surface area contributed by atoms with Gasteiger partial charge >= 0.3 is 0 Å². The third-order valence-corrected chi connectivity index (χ3v) is 3.74. The Hall–Kier alpha value is -1.87. The Bertz CT molecular complexity index is 594. The zero-order chi connectivity index (χ0) is 13.9. The lowest BCUT2D eigenvalue weighted by molar-refractivity contribution is 0.357. The molecule has 104 valence electrons. The van der Waals surface area contributed by atoms with E-state index in [9.17, 15) is 4.39 Å². The zero-order valence-electron chi connectivity index (χ0n) is 11.5. The summed E-state index contributed by atoms with van der Waals surface area (Å²) < 4.78 is 18.4. The van der Waals surface area contributed by atoms with E-state index in [1.165, 1.54) is 23.3 Å². The summed E-state index contributed by atoms with van der Waals surface area (Å²) in [6.45, 7) is 3.67. The summed E-state index contributed by atoms with van der Waals surface area (Å²) in [5.41, 5.74) is 3.64. The van der Waals surface area contributed by atoms with E-state index in [4.69, 9.17) is 4.74 Å². The summed E-state index contributed by atoms with van der Waals surface area (Å²) in [6.07, 6.45) is 0.997. The van der Waals surface area contributed by atoms with Gasteiger partial charge in [0.25, 0.3) is 0 Å². The molecule has 1 N–H and O–H groups in total. The minimum atomic E-state index is -0.195. The lowest BCUT2D eigenvalue weighted by atomic mass is 10.1. The van der Waals surface area contributed by atoms with Crippen LogP contribution in [0.15, 0.2) is 42.5 Å². The molecule has 1 atom stereocenters. The van der Waals surface area contributed by atoms with E-state index in [1.807, 2.05) is 18.2 Å². The molecule has 0 amide bonds. The fourth-order valence-corrected chi connectivity index (χ4v) is 2.49. The molecule has 2 aromatic rings. The molecule has 1 heterocycles. The first-order valence-corrected chi connectivity index (χ1v) is 6.96. The highest BCUT2D eigenvalue weighted by atomic mass is 19.1. The molecule has 0 radical (unpaired) electrons. The van der Waals surface area contributed by atoms with E-state index in [0.717, 1.165) is 30.9 Å². The Morgan fingerprint density at radius 3 is 2.80 bits per heavy atom. The monoisotopic (exact) mass is 271 g/mol. The molecule has 3 heteroatoms. The van der Waals surface area contributed by atoms with Crippen LogP contribution in [-0.2, 0) is 13.0 Å². The molecule has 0 saturated heterocycles. The molecule has 0 bridgehead atoms. The number of ether oxygens (including phenoxy) is 1. The van der Waals surface area contributed by atoms with Gasteiger partial charge in [0.1, 0.15) is 11.6 Å². The number of fused-ring (bicyclic) bond motifs is 1. The van der Waals surface area contributed by atoms with E-state index in [-0.39, 0.29) is 11.9 Å². The van der Waals surface area contributed by atoms with Gasteiger partial charge < -0.3 is 10.1 Å². The summed E-state index contributed by atoms with van der Waals surface area (Å²) in [6, 6.07) is 13.2. The van der Waals surface area contributed by atoms with Crippen LogP contribution in [0.25, 0.3) is 0 Å². The Kier molecular flexibility index (Phi) is 3.70. The van der Waals surface area contributed by atoms with Crippen molar-refractivity contribution in [1.82, 2.24) is 5.32 Å². The molecule has 0 aliphatic carbocycles. The molecule has 0 spiro atoms. The van der Waals surface area contributed by atoms with E-state index < -0.39 is 0 Å². The summed E-state index contributed by atoms with van der Waals surface area (Å²) in [7, 11) is 0. The van der Waals surface area contributed by atoms with E-state index in [1.54, 1.807) is 0 Å². The van der Waals surface area contributed by atoms with Gasteiger partial charge in [-0.2, -0.15) is 0 Å². The molecular formula is C17H18FNO. The second-order valence-electron chi connectivity index (χ2n) is 5.19. The maximum absolute atomic E-state index is 12.9. The summed E-state index contributed by atoms with van der Waals surface area (Å²) in [4.78, 5) is 0. The van der Waals surface area contributed by atoms with Crippen LogP contribution in [0.5, 0.6) is 5.75 Å². The van der Waals surface area contributed by atoms with Gasteiger partial charge in [-0.25, -0.2) is 4.39 Å². The summed E-state index contributed by atoms with van der Waals surface area (Å²) in [5.74, 6) is 0.819. The van der Waals surface area contributed by atoms with Crippen LogP contribution in [0.3, 0.4) is 0 Å². The van der Waals surface area contributed by atoms with Crippen molar-refractivity contribution in [3.05, 3.63) is 65.0 Å². The standard InChI is InChI=1S/C17H18FNO/c1-12(14-3-5-16(18)6-4-14)19-11-13-2-7-17-15(10-13)8-9-20-17/h2-7,10,12,19H,8-9,11H2,1H3. The highest BCUT2D eigenvalue weighted by Crippen LogP contribution is 2.26. The Morgan fingerprint density at radius 1 is 1.20 bits per heavy atom. The first kappa shape index (κ1) is 13.1. The molecule has 1 aliphatic rings. The van der Waals surface area contributed by atoms with Crippen molar-refractivity contribution in [2.75, 3.05) is 6.61 Å². The maximum atomic E-state index is 12.9. The molecule has 2 aromatic carbocycles. The van der Waals surface area contributed by atoms with Gasteiger partial charge in [-0.05, 0) is 41.8 Å². The Balaban J connectivity index is 1.63. The second-order valence-corrected chi connectivity index (χ2v) is 5.19. The molecule has 20 heavy (non-hydrogen) atoms. The fourth-order valence-electron chi connectivity index (χ4n) is 2.49. The minimum Gasteiger partial charge on any atom is -0.493 e. The van der Waals surface area contributed by atoms with Gasteiger partial charge in [0.15, 0.2) is 0 Å². The third kappa shape index (κ3) is 2.83. The van der Waals surface area contributed by atoms with Crippen LogP contribution in [0, 0.1) is 5.82 Å². The number of hydrogen-bond acceptors (Lipinski definition) is 2. The van der Waals surface area contributed by atoms with Gasteiger partial charge in [0, 0.05) is 19.0 Å².